The van der Waals surface area contributed by atoms with Crippen molar-refractivity contribution in [1.82, 2.24) is 19.6 Å². The van der Waals surface area contributed by atoms with Crippen molar-refractivity contribution in [3.05, 3.63) is 41.3 Å². The Kier molecular flexibility index (Phi) is 2.98. The van der Waals surface area contributed by atoms with E-state index in [-0.39, 0.29) is 16.7 Å². The van der Waals surface area contributed by atoms with E-state index < -0.39 is 6.43 Å². The Bertz CT molecular complexity index is 787. The van der Waals surface area contributed by atoms with Crippen molar-refractivity contribution in [3.8, 4) is 11.3 Å². The van der Waals surface area contributed by atoms with E-state index >= 15 is 0 Å². The maximum absolute atomic E-state index is 12.9. The van der Waals surface area contributed by atoms with Crippen LogP contribution in [0, 0.1) is 0 Å². The molecule has 0 spiro atoms. The molecule has 0 aromatic carbocycles. The van der Waals surface area contributed by atoms with Gasteiger partial charge in [0.15, 0.2) is 0 Å². The van der Waals surface area contributed by atoms with Crippen molar-refractivity contribution in [1.29, 1.82) is 0 Å². The molecule has 2 N–H and O–H groups in total. The molecule has 0 saturated heterocycles. The zero-order valence-electron chi connectivity index (χ0n) is 9.96. The van der Waals surface area contributed by atoms with E-state index in [0.717, 1.165) is 4.52 Å². The maximum Gasteiger partial charge on any atom is 0.280 e. The third-order valence-corrected chi connectivity index (χ3v) is 3.09. The minimum Gasteiger partial charge on any atom is -0.368 e. The van der Waals surface area contributed by atoms with Gasteiger partial charge in [-0.05, 0) is 12.1 Å². The van der Waals surface area contributed by atoms with E-state index in [9.17, 15) is 8.78 Å². The molecule has 0 unspecified atom stereocenters. The number of aromatic nitrogens is 4. The van der Waals surface area contributed by atoms with Gasteiger partial charge in [0.2, 0.25) is 5.95 Å². The fraction of sp³-hybridized carbons (Fsp3) is 0.0833. The van der Waals surface area contributed by atoms with Crippen molar-refractivity contribution in [2.75, 3.05) is 5.73 Å². The fourth-order valence-electron chi connectivity index (χ4n) is 1.95. The minimum absolute atomic E-state index is 0.0498. The van der Waals surface area contributed by atoms with Crippen molar-refractivity contribution in [2.45, 2.75) is 6.43 Å². The van der Waals surface area contributed by atoms with Crippen LogP contribution in [0.5, 0.6) is 0 Å². The molecule has 3 rings (SSSR count). The summed E-state index contributed by atoms with van der Waals surface area (Å²) in [7, 11) is 0. The molecule has 0 amide bonds. The molecule has 3 aromatic rings. The van der Waals surface area contributed by atoms with Crippen LogP contribution in [0.3, 0.4) is 0 Å². The summed E-state index contributed by atoms with van der Waals surface area (Å²) in [6.07, 6.45) is 0.159. The Morgan fingerprint density at radius 1 is 1.25 bits per heavy atom. The molecule has 0 radical (unpaired) electrons. The van der Waals surface area contributed by atoms with E-state index in [4.69, 9.17) is 17.3 Å². The van der Waals surface area contributed by atoms with E-state index in [1.807, 2.05) is 0 Å². The van der Waals surface area contributed by atoms with Crippen molar-refractivity contribution < 1.29 is 8.78 Å². The van der Waals surface area contributed by atoms with Gasteiger partial charge in [0.25, 0.3) is 6.43 Å². The summed E-state index contributed by atoms with van der Waals surface area (Å²) in [5.74, 6) is 0.0498. The van der Waals surface area contributed by atoms with E-state index in [2.05, 4.69) is 15.1 Å². The van der Waals surface area contributed by atoms with E-state index in [0.29, 0.717) is 16.8 Å². The smallest absolute Gasteiger partial charge is 0.280 e. The van der Waals surface area contributed by atoms with Gasteiger partial charge >= 0.3 is 0 Å². The zero-order chi connectivity index (χ0) is 14.3. The van der Waals surface area contributed by atoms with Crippen molar-refractivity contribution >= 4 is 23.1 Å². The van der Waals surface area contributed by atoms with Crippen LogP contribution in [0.15, 0.2) is 30.6 Å². The molecule has 20 heavy (non-hydrogen) atoms. The van der Waals surface area contributed by atoms with Gasteiger partial charge in [-0.15, -0.1) is 0 Å². The standard InChI is InChI=1S/C12H8ClF2N5/c13-7-5-17-12(16)19-10(7)6-4-18-20-8(6)2-1-3-9(20)11(14)15/h1-5,11H,(H2,16,17,19). The first-order valence-corrected chi connectivity index (χ1v) is 5.99. The van der Waals surface area contributed by atoms with Gasteiger partial charge in [-0.2, -0.15) is 5.10 Å². The first kappa shape index (κ1) is 12.7. The third kappa shape index (κ3) is 1.96. The molecular weight excluding hydrogens is 288 g/mol. The van der Waals surface area contributed by atoms with Crippen LogP contribution in [0.4, 0.5) is 14.7 Å². The van der Waals surface area contributed by atoms with Crippen molar-refractivity contribution in [3.63, 3.8) is 0 Å². The lowest BCUT2D eigenvalue weighted by Gasteiger charge is -2.05. The number of nitrogen functional groups attached to an aromatic ring is 1. The molecule has 0 aliphatic rings. The monoisotopic (exact) mass is 295 g/mol. The van der Waals surface area contributed by atoms with Gasteiger partial charge in [0.1, 0.15) is 5.69 Å². The second-order valence-corrected chi connectivity index (χ2v) is 4.44. The van der Waals surface area contributed by atoms with Crippen molar-refractivity contribution in [2.24, 2.45) is 0 Å². The molecule has 0 aliphatic carbocycles. The Morgan fingerprint density at radius 3 is 2.80 bits per heavy atom. The summed E-state index contributed by atoms with van der Waals surface area (Å²) >= 11 is 6.02. The van der Waals surface area contributed by atoms with Gasteiger partial charge in [0.05, 0.1) is 28.6 Å². The molecule has 0 fully saturated rings. The predicted octanol–water partition coefficient (Wildman–Crippen LogP) is 2.96. The molecule has 5 nitrogen and oxygen atoms in total. The number of nitrogens with zero attached hydrogens (tertiary/aromatic N) is 4. The number of anilines is 1. The number of fused-ring (bicyclic) bond motifs is 1. The lowest BCUT2D eigenvalue weighted by atomic mass is 10.2. The Labute approximate surface area is 117 Å². The molecule has 0 saturated carbocycles. The molecule has 3 heterocycles. The maximum atomic E-state index is 12.9. The highest BCUT2D eigenvalue weighted by molar-refractivity contribution is 6.33. The normalized spacial score (nSPS) is 11.4. The van der Waals surface area contributed by atoms with Crippen LogP contribution in [-0.2, 0) is 0 Å². The Hall–Kier alpha value is -2.28. The average Bonchev–Trinajstić information content (AvgIpc) is 2.85. The first-order chi connectivity index (χ1) is 9.58. The van der Waals surface area contributed by atoms with Gasteiger partial charge in [-0.3, -0.25) is 0 Å². The first-order valence-electron chi connectivity index (χ1n) is 5.61. The summed E-state index contributed by atoms with van der Waals surface area (Å²) < 4.78 is 27.0. The summed E-state index contributed by atoms with van der Waals surface area (Å²) in [5, 5.41) is 4.24. The van der Waals surface area contributed by atoms with Crippen LogP contribution in [0.1, 0.15) is 12.1 Å². The minimum atomic E-state index is -2.63. The van der Waals surface area contributed by atoms with E-state index in [1.165, 1.54) is 24.5 Å². The summed E-state index contributed by atoms with van der Waals surface area (Å²) in [5.41, 5.74) is 6.68. The number of halogens is 3. The van der Waals surface area contributed by atoms with Gasteiger partial charge in [-0.1, -0.05) is 17.7 Å². The number of hydrogen-bond acceptors (Lipinski definition) is 4. The topological polar surface area (TPSA) is 69.1 Å². The summed E-state index contributed by atoms with van der Waals surface area (Å²) in [4.78, 5) is 7.80. The third-order valence-electron chi connectivity index (χ3n) is 2.81. The SMILES string of the molecule is Nc1ncc(Cl)c(-c2cnn3c(C(F)F)cccc23)n1. The van der Waals surface area contributed by atoms with Crippen LogP contribution >= 0.6 is 11.6 Å². The Morgan fingerprint density at radius 2 is 2.05 bits per heavy atom. The quantitative estimate of drug-likeness (QED) is 0.789. The molecule has 0 atom stereocenters. The number of hydrogen-bond donors (Lipinski definition) is 1. The number of alkyl halides is 2. The second-order valence-electron chi connectivity index (χ2n) is 4.03. The molecule has 8 heteroatoms. The van der Waals surface area contributed by atoms with Crippen LogP contribution in [-0.4, -0.2) is 19.6 Å². The van der Waals surface area contributed by atoms with Gasteiger partial charge in [-0.25, -0.2) is 23.3 Å². The highest BCUT2D eigenvalue weighted by Gasteiger charge is 2.17. The number of pyridine rings is 1. The number of rotatable bonds is 2. The molecular formula is C12H8ClF2N5. The molecule has 3 aromatic heterocycles. The van der Waals surface area contributed by atoms with Gasteiger partial charge < -0.3 is 5.73 Å². The van der Waals surface area contributed by atoms with E-state index in [1.54, 1.807) is 6.07 Å². The highest BCUT2D eigenvalue weighted by atomic mass is 35.5. The second kappa shape index (κ2) is 4.68. The molecule has 0 aliphatic heterocycles. The Balaban J connectivity index is 2.28. The summed E-state index contributed by atoms with van der Waals surface area (Å²) in [6.45, 7) is 0. The number of nitrogens with two attached hydrogens (primary N) is 1. The predicted molar refractivity (Wildman–Crippen MR) is 70.6 cm³/mol. The zero-order valence-corrected chi connectivity index (χ0v) is 10.7. The highest BCUT2D eigenvalue weighted by Crippen LogP contribution is 2.31. The van der Waals surface area contributed by atoms with Crippen LogP contribution in [0.2, 0.25) is 5.02 Å². The molecule has 0 bridgehead atoms. The molecule has 102 valence electrons. The van der Waals surface area contributed by atoms with Gasteiger partial charge in [0, 0.05) is 5.56 Å². The lowest BCUT2D eigenvalue weighted by Crippen LogP contribution is -1.99. The fourth-order valence-corrected chi connectivity index (χ4v) is 2.14. The summed E-state index contributed by atoms with van der Waals surface area (Å²) in [6, 6.07) is 4.49. The average molecular weight is 296 g/mol. The lowest BCUT2D eigenvalue weighted by molar-refractivity contribution is 0.143. The largest absolute Gasteiger partial charge is 0.368 e. The van der Waals surface area contributed by atoms with Crippen LogP contribution in [0.25, 0.3) is 16.8 Å². The van der Waals surface area contributed by atoms with Crippen LogP contribution < -0.4 is 5.73 Å².